The molecule has 0 aliphatic rings. The number of aliphatic hydroxyl groups is 3. The normalized spacial score (nSPS) is 11.3. The number of aromatic nitrogens is 3. The van der Waals surface area contributed by atoms with E-state index >= 15 is 0 Å². The number of benzene rings is 6. The Morgan fingerprint density at radius 3 is 1.01 bits per heavy atom. The molecule has 6 heterocycles. The number of aliphatic hydroxyl groups excluding tert-OH is 3. The van der Waals surface area contributed by atoms with Crippen molar-refractivity contribution >= 4 is 50.3 Å². The van der Waals surface area contributed by atoms with Crippen LogP contribution in [0.25, 0.3) is 101 Å². The summed E-state index contributed by atoms with van der Waals surface area (Å²) in [6, 6.07) is 67.5. The first-order valence-electron chi connectivity index (χ1n) is 33.6. The van der Waals surface area contributed by atoms with Gasteiger partial charge in [0.25, 0.3) is 0 Å². The molecule has 12 nitrogen and oxygen atoms in total. The Morgan fingerprint density at radius 1 is 0.398 bits per heavy atom. The minimum atomic E-state index is -0.125. The number of furan rings is 3. The van der Waals surface area contributed by atoms with Gasteiger partial charge >= 0.3 is 0 Å². The predicted octanol–water partition coefficient (Wildman–Crippen LogP) is 23.8. The molecule has 0 saturated heterocycles. The zero-order valence-electron chi connectivity index (χ0n) is 61.6. The van der Waals surface area contributed by atoms with Crippen molar-refractivity contribution in [1.29, 1.82) is 0 Å². The molecule has 6 aromatic carbocycles. The van der Waals surface area contributed by atoms with Gasteiger partial charge in [-0.05, 0) is 164 Å². The molecular formula is C88H92Ir3N3O9-3. The standard InChI is InChI=1S/2C25H24NO.C23H20NO.3C5H8O2.3Ir/c1-16(2)20-11-8-12-21(17(3)4)25(20)24-13-19-15-26-22(14-23(19)27-24)18-9-6-5-7-10-18;1-16(2)19-10-20(17(3)4)12-21(11-19)24-13-22-15-26-23(14-25(22)27-24)18-8-6-5-7-9-18;1-23(2,3)19-11-9-17(10-12-19)21-13-18-15-24-20(14-22(18)25-21)16-7-5-4-6-8-16;3*1-4(6)3-5(2)7;;;/h5-9,11-17H,1-4H3;5-8,10-17H,1-4H3;4-7,9-15H,1-3H3;3*3,6H,1-2H3;;;/q3*-1;;;;;;. The van der Waals surface area contributed by atoms with Gasteiger partial charge in [0.1, 0.15) is 34.0 Å². The maximum atomic E-state index is 10.0. The number of pyridine rings is 3. The van der Waals surface area contributed by atoms with Crippen molar-refractivity contribution < 1.29 is 103 Å². The van der Waals surface area contributed by atoms with Gasteiger partial charge in [-0.15, -0.1) is 108 Å². The Labute approximate surface area is 648 Å². The molecule has 103 heavy (non-hydrogen) atoms. The summed E-state index contributed by atoms with van der Waals surface area (Å²) in [5, 5.41) is 28.1. The smallest absolute Gasteiger partial charge is 0.155 e. The van der Waals surface area contributed by atoms with E-state index in [4.69, 9.17) is 28.6 Å². The molecule has 12 aromatic rings. The molecule has 0 saturated carbocycles. The van der Waals surface area contributed by atoms with Crippen LogP contribution in [0.4, 0.5) is 0 Å². The van der Waals surface area contributed by atoms with Crippen LogP contribution in [0.3, 0.4) is 0 Å². The number of carbonyl (C=O) groups is 3. The second-order valence-corrected chi connectivity index (χ2v) is 26.8. The fraction of sp³-hybridized carbons (Fsp3) is 0.250. The summed E-state index contributed by atoms with van der Waals surface area (Å²) < 4.78 is 18.7. The first-order chi connectivity index (χ1) is 47.4. The number of hydrogen-bond acceptors (Lipinski definition) is 12. The van der Waals surface area contributed by atoms with Crippen molar-refractivity contribution in [2.45, 2.75) is 147 Å². The molecule has 15 heteroatoms. The summed E-state index contributed by atoms with van der Waals surface area (Å²) in [6.45, 7) is 33.1. The van der Waals surface area contributed by atoms with Crippen LogP contribution in [0.15, 0.2) is 237 Å². The molecule has 0 aliphatic carbocycles. The van der Waals surface area contributed by atoms with Crippen molar-refractivity contribution in [2.75, 3.05) is 0 Å². The third-order valence-electron chi connectivity index (χ3n) is 15.6. The Balaban J connectivity index is 0.000000283. The van der Waals surface area contributed by atoms with Gasteiger partial charge < -0.3 is 43.5 Å². The average Bonchev–Trinajstić information content (AvgIpc) is 1.64. The molecule has 0 fully saturated rings. The number of fused-ring (bicyclic) bond motifs is 3. The molecule has 0 amide bonds. The van der Waals surface area contributed by atoms with Crippen molar-refractivity contribution in [3.8, 4) is 67.7 Å². The first kappa shape index (κ1) is 86.4. The zero-order chi connectivity index (χ0) is 73.0. The minimum absolute atomic E-state index is 0. The average molecular weight is 1910 g/mol. The molecule has 3 N–H and O–H groups in total. The van der Waals surface area contributed by atoms with Crippen LogP contribution in [0.1, 0.15) is 169 Å². The van der Waals surface area contributed by atoms with Crippen LogP contribution in [0, 0.1) is 18.2 Å². The second kappa shape index (κ2) is 40.7. The Hall–Kier alpha value is -9.03. The van der Waals surface area contributed by atoms with Crippen LogP contribution in [-0.4, -0.2) is 47.6 Å². The number of ketones is 3. The number of hydrogen-bond donors (Lipinski definition) is 3. The summed E-state index contributed by atoms with van der Waals surface area (Å²) in [6.07, 6.45) is 9.14. The van der Waals surface area contributed by atoms with E-state index in [9.17, 15) is 14.4 Å². The van der Waals surface area contributed by atoms with E-state index in [0.29, 0.717) is 23.7 Å². The van der Waals surface area contributed by atoms with Crippen LogP contribution in [-0.2, 0) is 80.1 Å². The van der Waals surface area contributed by atoms with Crippen molar-refractivity contribution in [1.82, 2.24) is 15.0 Å². The minimum Gasteiger partial charge on any atom is -0.512 e. The van der Waals surface area contributed by atoms with Crippen molar-refractivity contribution in [2.24, 2.45) is 0 Å². The summed E-state index contributed by atoms with van der Waals surface area (Å²) >= 11 is 0. The predicted molar refractivity (Wildman–Crippen MR) is 407 cm³/mol. The fourth-order valence-corrected chi connectivity index (χ4v) is 10.6. The Kier molecular flexibility index (Phi) is 34.1. The summed E-state index contributed by atoms with van der Waals surface area (Å²) in [7, 11) is 0. The largest absolute Gasteiger partial charge is 0.512 e. The van der Waals surface area contributed by atoms with E-state index in [-0.39, 0.29) is 100 Å². The Bertz CT molecular complexity index is 4680. The third kappa shape index (κ3) is 26.0. The van der Waals surface area contributed by atoms with Gasteiger partial charge in [0.05, 0.1) is 17.3 Å². The SMILES string of the molecule is CC(=O)C=C(C)O.CC(=O)C=C(C)O.CC(=O)C=C(C)O.CC(C)(C)c1ccc(-c2cc3cnc(-c4[c-]cccc4)cc3o2)cc1.CC(C)c1cc(-c2cc3cnc(-c4[c-]cccc4)cc3o2)cc(C(C)C)c1.CC(C)c1cccc(C(C)C)c1-c1cc2cnc(-c3[c-]cccc3)cc2o1.[Ir].[Ir].[Ir]. The maximum absolute atomic E-state index is 10.0. The van der Waals surface area contributed by atoms with E-state index < -0.39 is 0 Å². The maximum Gasteiger partial charge on any atom is 0.155 e. The van der Waals surface area contributed by atoms with Gasteiger partial charge in [0, 0.05) is 130 Å². The van der Waals surface area contributed by atoms with Crippen LogP contribution in [0.5, 0.6) is 0 Å². The van der Waals surface area contributed by atoms with Crippen LogP contribution >= 0.6 is 0 Å². The zero-order valence-corrected chi connectivity index (χ0v) is 68.8. The van der Waals surface area contributed by atoms with Crippen LogP contribution in [0.2, 0.25) is 0 Å². The summed E-state index contributed by atoms with van der Waals surface area (Å²) in [5.74, 6) is 4.32. The van der Waals surface area contributed by atoms with E-state index in [1.54, 1.807) is 0 Å². The molecule has 543 valence electrons. The molecule has 0 aliphatic heterocycles. The number of carbonyl (C=O) groups excluding carboxylic acids is 3. The summed E-state index contributed by atoms with van der Waals surface area (Å²) in [4.78, 5) is 43.8. The first-order valence-corrected chi connectivity index (χ1v) is 33.6. The fourth-order valence-electron chi connectivity index (χ4n) is 10.6. The van der Waals surface area contributed by atoms with Gasteiger partial charge in [-0.2, -0.15) is 0 Å². The van der Waals surface area contributed by atoms with Gasteiger partial charge in [-0.1, -0.05) is 125 Å². The van der Waals surface area contributed by atoms with Gasteiger partial charge in [-0.25, -0.2) is 0 Å². The molecule has 6 aromatic heterocycles. The van der Waals surface area contributed by atoms with Gasteiger partial charge in [0.15, 0.2) is 17.3 Å². The molecule has 0 unspecified atom stereocenters. The molecular weight excluding hydrogens is 1820 g/mol. The topological polar surface area (TPSA) is 190 Å². The van der Waals surface area contributed by atoms with Crippen molar-refractivity contribution in [3.05, 3.63) is 270 Å². The van der Waals surface area contributed by atoms with E-state index in [0.717, 1.165) is 95.1 Å². The van der Waals surface area contributed by atoms with Crippen LogP contribution < -0.4 is 0 Å². The summed E-state index contributed by atoms with van der Waals surface area (Å²) in [5.41, 5.74) is 18.3. The van der Waals surface area contributed by atoms with Gasteiger partial charge in [-0.3, -0.25) is 14.4 Å². The monoisotopic (exact) mass is 1910 g/mol. The quantitative estimate of drug-likeness (QED) is 0.0563. The Morgan fingerprint density at radius 2 is 0.728 bits per heavy atom. The van der Waals surface area contributed by atoms with Gasteiger partial charge in [0.2, 0.25) is 0 Å². The molecule has 0 atom stereocenters. The second-order valence-electron chi connectivity index (χ2n) is 26.8. The third-order valence-corrected chi connectivity index (χ3v) is 15.6. The van der Waals surface area contributed by atoms with Crippen molar-refractivity contribution in [3.63, 3.8) is 0 Å². The number of allylic oxidation sites excluding steroid dienone is 6. The molecule has 3 radical (unpaired) electrons. The molecule has 0 spiro atoms. The molecule has 0 bridgehead atoms. The van der Waals surface area contributed by atoms with E-state index in [1.165, 1.54) is 93.2 Å². The van der Waals surface area contributed by atoms with E-state index in [2.05, 4.69) is 182 Å². The molecule has 12 rings (SSSR count). The number of nitrogens with zero attached hydrogens (tertiary/aromatic N) is 3. The number of rotatable bonds is 13. The van der Waals surface area contributed by atoms with E-state index in [1.807, 2.05) is 116 Å².